The highest BCUT2D eigenvalue weighted by Gasteiger charge is 2.40. The lowest BCUT2D eigenvalue weighted by molar-refractivity contribution is -0.0372. The molecular formula is C15H23N3O4. The minimum Gasteiger partial charge on any atom is -0.390 e. The van der Waals surface area contributed by atoms with Crippen molar-refractivity contribution in [3.8, 4) is 0 Å². The van der Waals surface area contributed by atoms with Crippen LogP contribution in [0.5, 0.6) is 0 Å². The molecule has 1 saturated carbocycles. The van der Waals surface area contributed by atoms with E-state index in [0.717, 1.165) is 13.1 Å². The van der Waals surface area contributed by atoms with Gasteiger partial charge in [-0.25, -0.2) is 4.79 Å². The number of fused-ring (bicyclic) bond motifs is 1. The highest BCUT2D eigenvalue weighted by Crippen LogP contribution is 2.36. The largest absolute Gasteiger partial charge is 0.390 e. The zero-order valence-electron chi connectivity index (χ0n) is 12.7. The van der Waals surface area contributed by atoms with Gasteiger partial charge in [0, 0.05) is 37.9 Å². The number of aromatic nitrogens is 2. The molecule has 2 aliphatic rings. The van der Waals surface area contributed by atoms with Crippen LogP contribution in [0.25, 0.3) is 0 Å². The summed E-state index contributed by atoms with van der Waals surface area (Å²) in [6, 6.07) is 1.43. The lowest BCUT2D eigenvalue weighted by Gasteiger charge is -2.32. The molecule has 3 rings (SSSR count). The van der Waals surface area contributed by atoms with Gasteiger partial charge >= 0.3 is 5.69 Å². The van der Waals surface area contributed by atoms with E-state index in [-0.39, 0.29) is 11.2 Å². The fourth-order valence-corrected chi connectivity index (χ4v) is 3.78. The quantitative estimate of drug-likeness (QED) is 0.659. The number of nitrogens with zero attached hydrogens (tertiary/aromatic N) is 2. The topological polar surface area (TPSA) is 98.6 Å². The second-order valence-electron chi connectivity index (χ2n) is 6.63. The lowest BCUT2D eigenvalue weighted by Crippen LogP contribution is -2.38. The van der Waals surface area contributed by atoms with E-state index in [9.17, 15) is 19.8 Å². The maximum absolute atomic E-state index is 11.9. The molecule has 1 aromatic heterocycles. The fourth-order valence-electron chi connectivity index (χ4n) is 3.78. The Hall–Kier alpha value is -1.44. The first-order valence-electron chi connectivity index (χ1n) is 7.83. The van der Waals surface area contributed by atoms with Crippen LogP contribution in [0.3, 0.4) is 0 Å². The molecular weight excluding hydrogens is 286 g/mol. The van der Waals surface area contributed by atoms with Crippen LogP contribution in [0.2, 0.25) is 0 Å². The van der Waals surface area contributed by atoms with Crippen LogP contribution in [-0.2, 0) is 6.54 Å². The Morgan fingerprint density at radius 2 is 1.73 bits per heavy atom. The average Bonchev–Trinajstić information content (AvgIpc) is 2.79. The van der Waals surface area contributed by atoms with Crippen molar-refractivity contribution in [1.82, 2.24) is 14.5 Å². The molecule has 1 aliphatic heterocycles. The highest BCUT2D eigenvalue weighted by molar-refractivity contribution is 4.97. The first-order chi connectivity index (χ1) is 10.4. The number of aromatic amines is 1. The third kappa shape index (κ3) is 3.02. The van der Waals surface area contributed by atoms with E-state index < -0.39 is 12.2 Å². The normalized spacial score (nSPS) is 32.1. The number of aliphatic hydroxyl groups is 2. The monoisotopic (exact) mass is 309 g/mol. The Bertz CT molecular complexity index is 604. The molecule has 2 heterocycles. The SMILES string of the molecule is Cc1cc(=O)n(CCN2C[C@H]3C[C@H](O)[C@@H](O)C[C@H]3C2)c(=O)[nH]1. The van der Waals surface area contributed by atoms with E-state index >= 15 is 0 Å². The van der Waals surface area contributed by atoms with E-state index in [1.165, 1.54) is 10.6 Å². The van der Waals surface area contributed by atoms with Gasteiger partial charge in [-0.15, -0.1) is 0 Å². The molecule has 1 saturated heterocycles. The van der Waals surface area contributed by atoms with E-state index in [1.54, 1.807) is 6.92 Å². The van der Waals surface area contributed by atoms with Gasteiger partial charge in [-0.1, -0.05) is 0 Å². The summed E-state index contributed by atoms with van der Waals surface area (Å²) in [5.74, 6) is 0.790. The molecule has 0 unspecified atom stereocenters. The number of aryl methyl sites for hydroxylation is 1. The second kappa shape index (κ2) is 5.98. The van der Waals surface area contributed by atoms with Gasteiger partial charge < -0.3 is 20.1 Å². The predicted octanol–water partition coefficient (Wildman–Crippen LogP) is -1.09. The number of likely N-dealkylation sites (tertiary alicyclic amines) is 1. The van der Waals surface area contributed by atoms with Crippen molar-refractivity contribution < 1.29 is 10.2 Å². The highest BCUT2D eigenvalue weighted by atomic mass is 16.3. The predicted molar refractivity (Wildman–Crippen MR) is 80.7 cm³/mol. The fraction of sp³-hybridized carbons (Fsp3) is 0.733. The van der Waals surface area contributed by atoms with Crippen molar-refractivity contribution in [2.45, 2.75) is 38.5 Å². The average molecular weight is 309 g/mol. The van der Waals surface area contributed by atoms with Crippen molar-refractivity contribution in [1.29, 1.82) is 0 Å². The molecule has 1 aromatic rings. The van der Waals surface area contributed by atoms with Crippen LogP contribution in [0.15, 0.2) is 15.7 Å². The summed E-state index contributed by atoms with van der Waals surface area (Å²) >= 11 is 0. The molecule has 7 heteroatoms. The summed E-state index contributed by atoms with van der Waals surface area (Å²) in [4.78, 5) is 28.5. The molecule has 122 valence electrons. The summed E-state index contributed by atoms with van der Waals surface area (Å²) in [5.41, 5.74) is -0.0717. The summed E-state index contributed by atoms with van der Waals surface area (Å²) in [6.07, 6.45) is 0.0216. The van der Waals surface area contributed by atoms with Gasteiger partial charge in [-0.2, -0.15) is 0 Å². The third-order valence-corrected chi connectivity index (χ3v) is 4.98. The van der Waals surface area contributed by atoms with Gasteiger partial charge in [-0.05, 0) is 31.6 Å². The van der Waals surface area contributed by atoms with Crippen molar-refractivity contribution in [2.24, 2.45) is 11.8 Å². The van der Waals surface area contributed by atoms with Crippen LogP contribution in [0.1, 0.15) is 18.5 Å². The van der Waals surface area contributed by atoms with Crippen LogP contribution in [0.4, 0.5) is 0 Å². The van der Waals surface area contributed by atoms with Crippen LogP contribution >= 0.6 is 0 Å². The number of aliphatic hydroxyl groups excluding tert-OH is 2. The number of nitrogens with one attached hydrogen (secondary N) is 1. The van der Waals surface area contributed by atoms with Crippen molar-refractivity contribution in [2.75, 3.05) is 19.6 Å². The Morgan fingerprint density at radius 1 is 1.14 bits per heavy atom. The third-order valence-electron chi connectivity index (χ3n) is 4.98. The maximum atomic E-state index is 11.9. The van der Waals surface area contributed by atoms with Gasteiger partial charge in [0.25, 0.3) is 5.56 Å². The molecule has 2 fully saturated rings. The lowest BCUT2D eigenvalue weighted by atomic mass is 9.79. The van der Waals surface area contributed by atoms with Gasteiger partial charge in [0.2, 0.25) is 0 Å². The maximum Gasteiger partial charge on any atom is 0.328 e. The van der Waals surface area contributed by atoms with Gasteiger partial charge in [0.15, 0.2) is 0 Å². The molecule has 0 spiro atoms. The van der Waals surface area contributed by atoms with Crippen LogP contribution in [-0.4, -0.2) is 56.5 Å². The molecule has 22 heavy (non-hydrogen) atoms. The molecule has 0 aromatic carbocycles. The van der Waals surface area contributed by atoms with Gasteiger partial charge in [0.1, 0.15) is 0 Å². The molecule has 0 amide bonds. The minimum atomic E-state index is -0.622. The van der Waals surface area contributed by atoms with Crippen molar-refractivity contribution in [3.05, 3.63) is 32.6 Å². The summed E-state index contributed by atoms with van der Waals surface area (Å²) in [7, 11) is 0. The molecule has 7 nitrogen and oxygen atoms in total. The van der Waals surface area contributed by atoms with Crippen molar-refractivity contribution >= 4 is 0 Å². The number of hydrogen-bond acceptors (Lipinski definition) is 5. The molecule has 4 atom stereocenters. The Labute approximate surface area is 128 Å². The van der Waals surface area contributed by atoms with E-state index in [4.69, 9.17) is 0 Å². The zero-order valence-corrected chi connectivity index (χ0v) is 12.7. The van der Waals surface area contributed by atoms with Gasteiger partial charge in [0.05, 0.1) is 12.2 Å². The van der Waals surface area contributed by atoms with Crippen LogP contribution in [0, 0.1) is 18.8 Å². The molecule has 0 radical (unpaired) electrons. The number of rotatable bonds is 3. The summed E-state index contributed by atoms with van der Waals surface area (Å²) < 4.78 is 1.22. The van der Waals surface area contributed by atoms with E-state index in [2.05, 4.69) is 9.88 Å². The zero-order chi connectivity index (χ0) is 15.9. The Kier molecular flexibility index (Phi) is 4.20. The van der Waals surface area contributed by atoms with Gasteiger partial charge in [-0.3, -0.25) is 9.36 Å². The first kappa shape index (κ1) is 15.5. The van der Waals surface area contributed by atoms with E-state index in [1.807, 2.05) is 0 Å². The Balaban J connectivity index is 1.62. The smallest absolute Gasteiger partial charge is 0.328 e. The van der Waals surface area contributed by atoms with Crippen molar-refractivity contribution in [3.63, 3.8) is 0 Å². The second-order valence-corrected chi connectivity index (χ2v) is 6.63. The number of hydrogen-bond donors (Lipinski definition) is 3. The van der Waals surface area contributed by atoms with E-state index in [0.29, 0.717) is 43.5 Å². The first-order valence-corrected chi connectivity index (χ1v) is 7.83. The summed E-state index contributed by atoms with van der Waals surface area (Å²) in [6.45, 7) is 4.39. The summed E-state index contributed by atoms with van der Waals surface area (Å²) in [5, 5.41) is 19.5. The number of H-pyrrole nitrogens is 1. The minimum absolute atomic E-state index is 0.274. The Morgan fingerprint density at radius 3 is 2.27 bits per heavy atom. The van der Waals surface area contributed by atoms with Crippen LogP contribution < -0.4 is 11.2 Å². The molecule has 3 N–H and O–H groups in total. The standard InChI is InChI=1S/C15H23N3O4/c1-9-4-14(21)18(15(22)16-9)3-2-17-7-10-5-12(19)13(20)6-11(10)8-17/h4,10-13,19-20H,2-3,5-8H2,1H3,(H,16,22)/t10-,11+,12-,13-/m0/s1. The molecule has 1 aliphatic carbocycles. The molecule has 0 bridgehead atoms.